The Morgan fingerprint density at radius 3 is 2.21 bits per heavy atom. The second-order valence-corrected chi connectivity index (χ2v) is 11.7. The van der Waals surface area contributed by atoms with Crippen LogP contribution in [-0.2, 0) is 16.2 Å². The van der Waals surface area contributed by atoms with Crippen LogP contribution in [-0.4, -0.2) is 0 Å². The Bertz CT molecular complexity index is 1030. The van der Waals surface area contributed by atoms with Crippen LogP contribution in [0.15, 0.2) is 41.8 Å². The van der Waals surface area contributed by atoms with Crippen LogP contribution in [0.1, 0.15) is 78.0 Å². The third-order valence-corrected chi connectivity index (χ3v) is 7.53. The fourth-order valence-corrected chi connectivity index (χ4v) is 5.29. The number of hydrogen-bond donors (Lipinski definition) is 1. The molecule has 0 unspecified atom stereocenters. The molecule has 0 saturated heterocycles. The van der Waals surface area contributed by atoms with Gasteiger partial charge in [0.05, 0.1) is 5.69 Å². The van der Waals surface area contributed by atoms with E-state index >= 15 is 0 Å². The first kappa shape index (κ1) is 19.5. The zero-order valence-electron chi connectivity index (χ0n) is 18.4. The molecule has 1 aromatic heterocycles. The Labute approximate surface area is 174 Å². The fourth-order valence-electron chi connectivity index (χ4n) is 4.41. The van der Waals surface area contributed by atoms with Crippen LogP contribution in [0.5, 0.6) is 0 Å². The molecule has 1 aliphatic carbocycles. The van der Waals surface area contributed by atoms with Crippen molar-refractivity contribution in [2.24, 2.45) is 0 Å². The predicted molar refractivity (Wildman–Crippen MR) is 126 cm³/mol. The van der Waals surface area contributed by atoms with E-state index in [1.165, 1.54) is 51.0 Å². The number of fused-ring (bicyclic) bond motifs is 2. The fraction of sp³-hybridized carbons (Fsp3) is 0.462. The maximum absolute atomic E-state index is 3.73. The zero-order chi connectivity index (χ0) is 20.3. The summed E-state index contributed by atoms with van der Waals surface area (Å²) in [6.45, 7) is 16.4. The van der Waals surface area contributed by atoms with Crippen molar-refractivity contribution in [3.05, 3.63) is 58.5 Å². The van der Waals surface area contributed by atoms with E-state index < -0.39 is 0 Å². The van der Waals surface area contributed by atoms with Gasteiger partial charge in [-0.05, 0) is 70.0 Å². The highest BCUT2D eigenvalue weighted by Gasteiger charge is 2.36. The van der Waals surface area contributed by atoms with Crippen molar-refractivity contribution in [3.63, 3.8) is 0 Å². The van der Waals surface area contributed by atoms with E-state index in [0.717, 1.165) is 0 Å². The molecule has 0 radical (unpaired) electrons. The van der Waals surface area contributed by atoms with Crippen LogP contribution in [0, 0.1) is 0 Å². The molecular weight excluding hydrogens is 358 g/mol. The van der Waals surface area contributed by atoms with Crippen LogP contribution in [0.4, 0.5) is 11.4 Å². The van der Waals surface area contributed by atoms with Gasteiger partial charge in [-0.15, -0.1) is 11.3 Å². The second-order valence-electron chi connectivity index (χ2n) is 10.8. The molecule has 28 heavy (non-hydrogen) atoms. The van der Waals surface area contributed by atoms with Crippen molar-refractivity contribution < 1.29 is 0 Å². The lowest BCUT2D eigenvalue weighted by Gasteiger charge is -2.42. The van der Waals surface area contributed by atoms with Crippen LogP contribution < -0.4 is 5.32 Å². The molecule has 0 bridgehead atoms. The van der Waals surface area contributed by atoms with Crippen molar-refractivity contribution in [1.82, 2.24) is 0 Å². The highest BCUT2D eigenvalue weighted by molar-refractivity contribution is 7.17. The average molecular weight is 392 g/mol. The summed E-state index contributed by atoms with van der Waals surface area (Å²) in [5.74, 6) is 0. The van der Waals surface area contributed by atoms with Gasteiger partial charge in [0.2, 0.25) is 0 Å². The first-order chi connectivity index (χ1) is 13.0. The first-order valence-corrected chi connectivity index (χ1v) is 11.3. The second kappa shape index (κ2) is 6.35. The minimum absolute atomic E-state index is 0.162. The van der Waals surface area contributed by atoms with Gasteiger partial charge in [0, 0.05) is 21.2 Å². The molecule has 1 aliphatic rings. The van der Waals surface area contributed by atoms with Gasteiger partial charge in [-0.25, -0.2) is 0 Å². The SMILES string of the molecule is CC(C)(C)c1ccc2scc(Nc3ccc4c(c3)C(C)(C)CCC4(C)C)c2c1. The van der Waals surface area contributed by atoms with Gasteiger partial charge in [0.1, 0.15) is 0 Å². The van der Waals surface area contributed by atoms with Gasteiger partial charge in [-0.3, -0.25) is 0 Å². The number of nitrogens with one attached hydrogen (secondary N) is 1. The van der Waals surface area contributed by atoms with Crippen LogP contribution in [0.2, 0.25) is 0 Å². The van der Waals surface area contributed by atoms with E-state index in [1.807, 2.05) is 11.3 Å². The van der Waals surface area contributed by atoms with E-state index in [2.05, 4.69) is 95.6 Å². The van der Waals surface area contributed by atoms with Gasteiger partial charge >= 0.3 is 0 Å². The molecule has 0 saturated carbocycles. The lowest BCUT2D eigenvalue weighted by molar-refractivity contribution is 0.332. The molecule has 0 aliphatic heterocycles. The lowest BCUT2D eigenvalue weighted by atomic mass is 9.63. The van der Waals surface area contributed by atoms with Crippen LogP contribution in [0.3, 0.4) is 0 Å². The molecule has 4 rings (SSSR count). The van der Waals surface area contributed by atoms with Gasteiger partial charge in [0.15, 0.2) is 0 Å². The zero-order valence-corrected chi connectivity index (χ0v) is 19.2. The third-order valence-electron chi connectivity index (χ3n) is 6.57. The van der Waals surface area contributed by atoms with Gasteiger partial charge < -0.3 is 5.32 Å². The topological polar surface area (TPSA) is 12.0 Å². The molecule has 148 valence electrons. The van der Waals surface area contributed by atoms with E-state index in [1.54, 1.807) is 0 Å². The summed E-state index contributed by atoms with van der Waals surface area (Å²) in [4.78, 5) is 0. The van der Waals surface area contributed by atoms with E-state index in [4.69, 9.17) is 0 Å². The Kier molecular flexibility index (Phi) is 4.43. The number of hydrogen-bond acceptors (Lipinski definition) is 2. The van der Waals surface area contributed by atoms with Crippen molar-refractivity contribution in [2.45, 2.75) is 77.6 Å². The molecular formula is C26H33NS. The monoisotopic (exact) mass is 391 g/mol. The van der Waals surface area contributed by atoms with Gasteiger partial charge in [-0.1, -0.05) is 60.6 Å². The van der Waals surface area contributed by atoms with Crippen LogP contribution >= 0.6 is 11.3 Å². The molecule has 2 heteroatoms. The third kappa shape index (κ3) is 3.37. The maximum atomic E-state index is 3.73. The van der Waals surface area contributed by atoms with Gasteiger partial charge in [0.25, 0.3) is 0 Å². The average Bonchev–Trinajstić information content (AvgIpc) is 3.01. The van der Waals surface area contributed by atoms with Gasteiger partial charge in [-0.2, -0.15) is 0 Å². The summed E-state index contributed by atoms with van der Waals surface area (Å²) < 4.78 is 1.34. The summed E-state index contributed by atoms with van der Waals surface area (Å²) in [6, 6.07) is 13.9. The first-order valence-electron chi connectivity index (χ1n) is 10.4. The Morgan fingerprint density at radius 2 is 1.54 bits per heavy atom. The molecule has 0 atom stereocenters. The number of thiophene rings is 1. The number of benzene rings is 2. The van der Waals surface area contributed by atoms with Crippen molar-refractivity contribution in [3.8, 4) is 0 Å². The highest BCUT2D eigenvalue weighted by Crippen LogP contribution is 2.47. The summed E-state index contributed by atoms with van der Waals surface area (Å²) in [6.07, 6.45) is 2.50. The standard InChI is InChI=1S/C26H33NS/c1-24(2,3)17-8-11-23-19(14-17)22(16-28-23)27-18-9-10-20-21(15-18)26(6,7)13-12-25(20,4)5/h8-11,14-16,27H,12-13H2,1-7H3. The summed E-state index contributed by atoms with van der Waals surface area (Å²) in [5, 5.41) is 7.32. The minimum Gasteiger partial charge on any atom is -0.354 e. The highest BCUT2D eigenvalue weighted by atomic mass is 32.1. The Morgan fingerprint density at radius 1 is 0.857 bits per heavy atom. The molecule has 2 aromatic carbocycles. The van der Waals surface area contributed by atoms with E-state index in [-0.39, 0.29) is 16.2 Å². The van der Waals surface area contributed by atoms with Crippen molar-refractivity contribution >= 4 is 32.8 Å². The Balaban J connectivity index is 1.74. The molecule has 0 amide bonds. The normalized spacial score (nSPS) is 18.1. The smallest absolute Gasteiger partial charge is 0.0573 e. The maximum Gasteiger partial charge on any atom is 0.0573 e. The largest absolute Gasteiger partial charge is 0.354 e. The predicted octanol–water partition coefficient (Wildman–Crippen LogP) is 8.29. The Hall–Kier alpha value is -1.80. The van der Waals surface area contributed by atoms with Crippen LogP contribution in [0.25, 0.3) is 10.1 Å². The van der Waals surface area contributed by atoms with E-state index in [0.29, 0.717) is 0 Å². The summed E-state index contributed by atoms with van der Waals surface area (Å²) in [5.41, 5.74) is 7.48. The number of rotatable bonds is 2. The lowest BCUT2D eigenvalue weighted by Crippen LogP contribution is -2.33. The summed E-state index contributed by atoms with van der Waals surface area (Å²) in [7, 11) is 0. The molecule has 1 nitrogen and oxygen atoms in total. The number of anilines is 2. The van der Waals surface area contributed by atoms with Crippen molar-refractivity contribution in [1.29, 1.82) is 0 Å². The molecule has 0 spiro atoms. The minimum atomic E-state index is 0.162. The quantitative estimate of drug-likeness (QED) is 0.463. The van der Waals surface area contributed by atoms with Crippen molar-refractivity contribution in [2.75, 3.05) is 5.32 Å². The molecule has 3 aromatic rings. The van der Waals surface area contributed by atoms with E-state index in [9.17, 15) is 0 Å². The molecule has 1 N–H and O–H groups in total. The molecule has 0 fully saturated rings. The summed E-state index contributed by atoms with van der Waals surface area (Å²) >= 11 is 1.82. The molecule has 1 heterocycles.